The molecule has 14 nitrogen and oxygen atoms in total. The smallest absolute Gasteiger partial charge is 0.352 e. The number of nitrogens with one attached hydrogen (secondary N) is 2. The van der Waals surface area contributed by atoms with Crippen LogP contribution in [0, 0.1) is 0 Å². The number of hydrogen-bond donors (Lipinski definition) is 4. The number of likely N-dealkylation sites (tertiary alicyclic amines) is 1. The van der Waals surface area contributed by atoms with E-state index in [2.05, 4.69) is 25.1 Å². The summed E-state index contributed by atoms with van der Waals surface area (Å²) in [6, 6.07) is 27.4. The van der Waals surface area contributed by atoms with Crippen molar-refractivity contribution in [1.29, 1.82) is 0 Å². The molecule has 0 saturated carbocycles. The van der Waals surface area contributed by atoms with Crippen LogP contribution in [0.4, 0.5) is 5.13 Å². The highest BCUT2D eigenvalue weighted by molar-refractivity contribution is 8.00. The summed E-state index contributed by atoms with van der Waals surface area (Å²) >= 11 is 2.17. The van der Waals surface area contributed by atoms with Gasteiger partial charge in [-0.25, -0.2) is 4.79 Å². The number of carboxylic acids is 1. The largest absolute Gasteiger partial charge is 0.477 e. The quantitative estimate of drug-likeness (QED) is 0.0576. The topological polar surface area (TPSA) is 192 Å². The Hall–Kier alpha value is -5.84. The van der Waals surface area contributed by atoms with E-state index in [4.69, 9.17) is 10.6 Å². The lowest BCUT2D eigenvalue weighted by Crippen LogP contribution is -2.71. The van der Waals surface area contributed by atoms with Crippen LogP contribution in [0.15, 0.2) is 119 Å². The third-order valence-corrected chi connectivity index (χ3v) is 12.0. The van der Waals surface area contributed by atoms with Gasteiger partial charge in [-0.15, -0.1) is 11.8 Å². The number of aromatic nitrogens is 2. The molecule has 280 valence electrons. The zero-order chi connectivity index (χ0) is 38.1. The van der Waals surface area contributed by atoms with Crippen LogP contribution in [0.25, 0.3) is 0 Å². The highest BCUT2D eigenvalue weighted by Crippen LogP contribution is 2.43. The van der Waals surface area contributed by atoms with Crippen molar-refractivity contribution >= 4 is 57.8 Å². The number of carbonyl (C=O) groups excluding carboxylic acids is 3. The van der Waals surface area contributed by atoms with Gasteiger partial charge in [-0.2, -0.15) is 9.36 Å². The zero-order valence-corrected chi connectivity index (χ0v) is 31.0. The molecule has 0 bridgehead atoms. The number of anilines is 1. The average molecular weight is 777 g/mol. The second-order valence-corrected chi connectivity index (χ2v) is 15.3. The molecule has 3 fully saturated rings. The zero-order valence-electron chi connectivity index (χ0n) is 29.3. The Morgan fingerprint density at radius 1 is 1.00 bits per heavy atom. The fourth-order valence-corrected chi connectivity index (χ4v) is 9.24. The molecule has 1 aromatic heterocycles. The van der Waals surface area contributed by atoms with Crippen molar-refractivity contribution in [3.8, 4) is 0 Å². The van der Waals surface area contributed by atoms with Crippen LogP contribution >= 0.6 is 23.3 Å². The van der Waals surface area contributed by atoms with Crippen LogP contribution in [0.5, 0.6) is 0 Å². The summed E-state index contributed by atoms with van der Waals surface area (Å²) in [5.41, 5.74) is 7.16. The Labute approximate surface area is 324 Å². The van der Waals surface area contributed by atoms with Crippen LogP contribution in [-0.2, 0) is 29.6 Å². The number of allylic oxidation sites excluding steroid dienone is 1. The van der Waals surface area contributed by atoms with Crippen molar-refractivity contribution in [3.05, 3.63) is 136 Å². The molecule has 8 rings (SSSR count). The minimum atomic E-state index is -1.34. The lowest BCUT2D eigenvalue weighted by atomic mass is 9.80. The maximum absolute atomic E-state index is 14.2. The maximum atomic E-state index is 14.2. The van der Waals surface area contributed by atoms with Gasteiger partial charge in [0, 0.05) is 58.7 Å². The van der Waals surface area contributed by atoms with E-state index in [-0.39, 0.29) is 40.1 Å². The minimum absolute atomic E-state index is 0.0892. The molecule has 3 aromatic carbocycles. The minimum Gasteiger partial charge on any atom is -0.477 e. The summed E-state index contributed by atoms with van der Waals surface area (Å²) in [4.78, 5) is 67.6. The second kappa shape index (κ2) is 15.1. The first-order valence-corrected chi connectivity index (χ1v) is 19.5. The number of fused-ring (bicyclic) bond motifs is 1. The molecule has 4 aliphatic heterocycles. The van der Waals surface area contributed by atoms with Gasteiger partial charge >= 0.3 is 5.97 Å². The number of carbonyl (C=O) groups is 4. The van der Waals surface area contributed by atoms with Gasteiger partial charge in [-0.1, -0.05) is 96.2 Å². The number of amides is 3. The van der Waals surface area contributed by atoms with Crippen molar-refractivity contribution in [2.75, 3.05) is 31.1 Å². The third-order valence-electron chi connectivity index (χ3n) is 10.2. The van der Waals surface area contributed by atoms with Gasteiger partial charge < -0.3 is 31.2 Å². The molecule has 4 aromatic rings. The van der Waals surface area contributed by atoms with Crippen LogP contribution in [0.3, 0.4) is 0 Å². The molecule has 5 heterocycles. The molecular formula is C39H36N8O6S2. The number of oxime groups is 1. The molecule has 3 atom stereocenters. The number of rotatable bonds is 11. The Kier molecular flexibility index (Phi) is 9.94. The number of β-lactam (4-membered cyclic amide) rings is 1. The molecular weight excluding hydrogens is 741 g/mol. The molecule has 0 aliphatic carbocycles. The predicted molar refractivity (Wildman–Crippen MR) is 207 cm³/mol. The van der Waals surface area contributed by atoms with E-state index in [9.17, 15) is 24.3 Å². The number of nitrogens with two attached hydrogens (primary N) is 1. The summed E-state index contributed by atoms with van der Waals surface area (Å²) in [6.45, 7) is 2.14. The van der Waals surface area contributed by atoms with Gasteiger partial charge in [0.2, 0.25) is 23.0 Å². The number of nitrogen functional groups attached to an aromatic ring is 1. The van der Waals surface area contributed by atoms with Crippen LogP contribution in [-0.4, -0.2) is 96.5 Å². The summed E-state index contributed by atoms with van der Waals surface area (Å²) in [7, 11) is 0. The van der Waals surface area contributed by atoms with Crippen LogP contribution in [0.2, 0.25) is 0 Å². The number of hydrogen-bond acceptors (Lipinski definition) is 12. The first kappa shape index (κ1) is 36.2. The Morgan fingerprint density at radius 2 is 1.64 bits per heavy atom. The van der Waals surface area contributed by atoms with Crippen molar-refractivity contribution in [3.63, 3.8) is 0 Å². The molecule has 3 amide bonds. The lowest BCUT2D eigenvalue weighted by Gasteiger charge is -2.49. The third kappa shape index (κ3) is 6.66. The number of carboxylic acid groups (broad SMARTS) is 1. The van der Waals surface area contributed by atoms with Gasteiger partial charge in [-0.05, 0) is 31.0 Å². The monoisotopic (exact) mass is 776 g/mol. The molecule has 0 radical (unpaired) electrons. The van der Waals surface area contributed by atoms with Gasteiger partial charge in [0.15, 0.2) is 5.13 Å². The molecule has 16 heteroatoms. The van der Waals surface area contributed by atoms with E-state index >= 15 is 0 Å². The van der Waals surface area contributed by atoms with Gasteiger partial charge in [-0.3, -0.25) is 19.3 Å². The van der Waals surface area contributed by atoms with Gasteiger partial charge in [0.05, 0.1) is 0 Å². The Bertz CT molecular complexity index is 2130. The highest BCUT2D eigenvalue weighted by atomic mass is 32.2. The number of nitrogens with zero attached hydrogens (tertiary/aromatic N) is 5. The van der Waals surface area contributed by atoms with Gasteiger partial charge in [0.25, 0.3) is 11.8 Å². The molecule has 4 aliphatic rings. The average Bonchev–Trinajstić information content (AvgIpc) is 3.98. The lowest BCUT2D eigenvalue weighted by molar-refractivity contribution is -0.150. The summed E-state index contributed by atoms with van der Waals surface area (Å²) in [5, 5.41) is 20.1. The predicted octanol–water partition coefficient (Wildman–Crippen LogP) is 3.09. The fourth-order valence-electron chi connectivity index (χ4n) is 7.50. The first-order chi connectivity index (χ1) is 26.8. The highest BCUT2D eigenvalue weighted by Gasteiger charge is 2.54. The van der Waals surface area contributed by atoms with E-state index in [1.165, 1.54) is 16.7 Å². The molecule has 0 spiro atoms. The summed E-state index contributed by atoms with van der Waals surface area (Å²) in [5.74, 6) is -2.73. The van der Waals surface area contributed by atoms with Crippen molar-refractivity contribution in [2.45, 2.75) is 35.9 Å². The second-order valence-electron chi connectivity index (χ2n) is 13.4. The van der Waals surface area contributed by atoms with E-state index in [1.807, 2.05) is 95.9 Å². The summed E-state index contributed by atoms with van der Waals surface area (Å²) in [6.07, 6.45) is 2.98. The standard InChI is InChI=1S/C39H36N8O6S2/c40-38-43-32(45-55-38)29(44-53-39(25-10-4-1-5-11-25,26-12-6-2-7-13-26)27-14-8-3-9-15-27)33(48)42-30-35(50)47-31(37(51)52)24(22-54-36(30)47)20-23-17-19-46(34(23)49)28-16-18-41-21-28/h1-15,20,28,30,36,41H,16-19,21-22H2,(H,42,48)(H,51,52)(H2,40,43,45)/b23-20+,44-29-/t28-,30-,36-/m1/s1. The number of benzene rings is 3. The SMILES string of the molecule is Nc1nc(/C(=N/OC(c2ccccc2)(c2ccccc2)c2ccccc2)C(=O)N[C@@H]2C(=O)N3C(C(=O)O)=C(/C=C4\CCN([C@@H]5CCNC5)C4=O)CS[C@H]23)ns1. The normalized spacial score (nSPS) is 22.1. The van der Waals surface area contributed by atoms with E-state index < -0.39 is 34.8 Å². The van der Waals surface area contributed by atoms with Crippen molar-refractivity contribution in [1.82, 2.24) is 29.8 Å². The van der Waals surface area contributed by atoms with Crippen LogP contribution < -0.4 is 16.4 Å². The van der Waals surface area contributed by atoms with Crippen LogP contribution in [0.1, 0.15) is 35.4 Å². The fraction of sp³-hybridized carbons (Fsp3) is 0.256. The molecule has 3 saturated heterocycles. The Balaban J connectivity index is 1.10. The van der Waals surface area contributed by atoms with E-state index in [0.29, 0.717) is 24.1 Å². The molecule has 0 unspecified atom stereocenters. The number of thioether (sulfide) groups is 1. The number of aliphatic carboxylic acids is 1. The van der Waals surface area contributed by atoms with Crippen molar-refractivity contribution < 1.29 is 29.1 Å². The molecule has 5 N–H and O–H groups in total. The summed E-state index contributed by atoms with van der Waals surface area (Å²) < 4.78 is 4.25. The first-order valence-electron chi connectivity index (χ1n) is 17.7. The maximum Gasteiger partial charge on any atom is 0.352 e. The molecule has 55 heavy (non-hydrogen) atoms. The van der Waals surface area contributed by atoms with E-state index in [1.54, 1.807) is 6.08 Å². The van der Waals surface area contributed by atoms with E-state index in [0.717, 1.165) is 47.7 Å². The Morgan fingerprint density at radius 3 is 2.18 bits per heavy atom. The van der Waals surface area contributed by atoms with Crippen molar-refractivity contribution in [2.24, 2.45) is 5.16 Å². The van der Waals surface area contributed by atoms with Gasteiger partial charge in [0.1, 0.15) is 17.1 Å².